The molecule has 0 heterocycles. The fraction of sp³-hybridized carbons (Fsp3) is 0.417. The summed E-state index contributed by atoms with van der Waals surface area (Å²) in [6.07, 6.45) is 2.54. The lowest BCUT2D eigenvalue weighted by molar-refractivity contribution is -0.384. The minimum Gasteiger partial charge on any atom is -0.327 e. The summed E-state index contributed by atoms with van der Waals surface area (Å²) in [4.78, 5) is 22.3. The fourth-order valence-corrected chi connectivity index (χ4v) is 2.61. The molecule has 1 fully saturated rings. The van der Waals surface area contributed by atoms with Crippen molar-refractivity contribution in [1.82, 2.24) is 0 Å². The Kier molecular flexibility index (Phi) is 4.16. The molecule has 3 N–H and O–H groups in total. The topological polar surface area (TPSA) is 98.3 Å². The highest BCUT2D eigenvalue weighted by Crippen LogP contribution is 2.30. The third kappa shape index (κ3) is 3.10. The lowest BCUT2D eigenvalue weighted by Crippen LogP contribution is -2.34. The van der Waals surface area contributed by atoms with E-state index in [9.17, 15) is 14.9 Å². The molecule has 0 aliphatic heterocycles. The van der Waals surface area contributed by atoms with Crippen LogP contribution in [0.25, 0.3) is 0 Å². The van der Waals surface area contributed by atoms with Crippen molar-refractivity contribution in [2.24, 2.45) is 11.7 Å². The van der Waals surface area contributed by atoms with E-state index in [0.717, 1.165) is 19.3 Å². The fourth-order valence-electron chi connectivity index (χ4n) is 2.26. The third-order valence-electron chi connectivity index (χ3n) is 3.32. The van der Waals surface area contributed by atoms with Crippen LogP contribution in [0.15, 0.2) is 22.7 Å². The Labute approximate surface area is 118 Å². The monoisotopic (exact) mass is 327 g/mol. The Balaban J connectivity index is 2.16. The van der Waals surface area contributed by atoms with E-state index in [1.54, 1.807) is 6.07 Å². The molecule has 6 nitrogen and oxygen atoms in total. The summed E-state index contributed by atoms with van der Waals surface area (Å²) in [7, 11) is 0. The van der Waals surface area contributed by atoms with Gasteiger partial charge in [-0.2, -0.15) is 0 Å². The molecule has 7 heteroatoms. The molecule has 2 unspecified atom stereocenters. The summed E-state index contributed by atoms with van der Waals surface area (Å²) < 4.78 is 0.609. The van der Waals surface area contributed by atoms with Crippen LogP contribution in [0.5, 0.6) is 0 Å². The molecule has 2 rings (SSSR count). The van der Waals surface area contributed by atoms with Crippen LogP contribution in [0.3, 0.4) is 0 Å². The number of nitro groups is 1. The van der Waals surface area contributed by atoms with Gasteiger partial charge >= 0.3 is 0 Å². The van der Waals surface area contributed by atoms with Crippen molar-refractivity contribution in [1.29, 1.82) is 0 Å². The maximum atomic E-state index is 12.1. The molecule has 1 saturated carbocycles. The standard InChI is InChI=1S/C12H14BrN3O3/c13-9-5-4-7(16(18)19)6-11(9)15-12(17)8-2-1-3-10(8)14/h4-6,8,10H,1-3,14H2,(H,15,17). The molecule has 1 amide bonds. The number of anilines is 1. The Bertz CT molecular complexity index is 521. The first-order valence-electron chi connectivity index (χ1n) is 5.99. The Morgan fingerprint density at radius 1 is 1.47 bits per heavy atom. The number of nitrogens with one attached hydrogen (secondary N) is 1. The SMILES string of the molecule is NC1CCCC1C(=O)Nc1cc([N+](=O)[O-])ccc1Br. The quantitative estimate of drug-likeness (QED) is 0.657. The van der Waals surface area contributed by atoms with Gasteiger partial charge in [-0.15, -0.1) is 0 Å². The van der Waals surface area contributed by atoms with Crippen LogP contribution in [0, 0.1) is 16.0 Å². The lowest BCUT2D eigenvalue weighted by Gasteiger charge is -2.15. The third-order valence-corrected chi connectivity index (χ3v) is 4.02. The first kappa shape index (κ1) is 14.0. The van der Waals surface area contributed by atoms with Crippen LogP contribution in [0.1, 0.15) is 19.3 Å². The highest BCUT2D eigenvalue weighted by atomic mass is 79.9. The van der Waals surface area contributed by atoms with Crippen LogP contribution in [0.4, 0.5) is 11.4 Å². The number of benzene rings is 1. The molecule has 1 aromatic rings. The molecule has 19 heavy (non-hydrogen) atoms. The molecular weight excluding hydrogens is 314 g/mol. The van der Waals surface area contributed by atoms with Crippen molar-refractivity contribution in [2.75, 3.05) is 5.32 Å². The van der Waals surface area contributed by atoms with Crippen molar-refractivity contribution in [3.8, 4) is 0 Å². The van der Waals surface area contributed by atoms with Gasteiger partial charge in [0, 0.05) is 22.6 Å². The summed E-state index contributed by atoms with van der Waals surface area (Å²) in [6.45, 7) is 0. The smallest absolute Gasteiger partial charge is 0.271 e. The van der Waals surface area contributed by atoms with Gasteiger partial charge in [0.2, 0.25) is 5.91 Å². The summed E-state index contributed by atoms with van der Waals surface area (Å²) in [5.41, 5.74) is 6.21. The average Bonchev–Trinajstić information content (AvgIpc) is 2.78. The molecule has 102 valence electrons. The lowest BCUT2D eigenvalue weighted by atomic mass is 10.0. The number of non-ortho nitro benzene ring substituents is 1. The van der Waals surface area contributed by atoms with Gasteiger partial charge in [0.1, 0.15) is 0 Å². The maximum Gasteiger partial charge on any atom is 0.271 e. The molecule has 0 saturated heterocycles. The number of hydrogen-bond acceptors (Lipinski definition) is 4. The van der Waals surface area contributed by atoms with Gasteiger partial charge in [-0.1, -0.05) is 6.42 Å². The molecule has 0 radical (unpaired) electrons. The number of nitro benzene ring substituents is 1. The van der Waals surface area contributed by atoms with E-state index in [1.807, 2.05) is 0 Å². The summed E-state index contributed by atoms with van der Waals surface area (Å²) >= 11 is 3.26. The molecule has 1 aliphatic carbocycles. The van der Waals surface area contributed by atoms with E-state index in [1.165, 1.54) is 12.1 Å². The number of nitrogens with two attached hydrogens (primary N) is 1. The van der Waals surface area contributed by atoms with E-state index >= 15 is 0 Å². The van der Waals surface area contributed by atoms with Crippen molar-refractivity contribution < 1.29 is 9.72 Å². The molecule has 0 spiro atoms. The Morgan fingerprint density at radius 2 is 2.21 bits per heavy atom. The van der Waals surface area contributed by atoms with Gasteiger partial charge in [0.15, 0.2) is 0 Å². The Morgan fingerprint density at radius 3 is 2.79 bits per heavy atom. The van der Waals surface area contributed by atoms with E-state index in [2.05, 4.69) is 21.2 Å². The second-order valence-electron chi connectivity index (χ2n) is 4.61. The predicted molar refractivity (Wildman–Crippen MR) is 74.7 cm³/mol. The van der Waals surface area contributed by atoms with Crippen LogP contribution >= 0.6 is 15.9 Å². The average molecular weight is 328 g/mol. The van der Waals surface area contributed by atoms with Crippen LogP contribution in [0.2, 0.25) is 0 Å². The number of amides is 1. The number of rotatable bonds is 3. The second kappa shape index (κ2) is 5.66. The number of carbonyl (C=O) groups excluding carboxylic acids is 1. The van der Waals surface area contributed by atoms with Crippen molar-refractivity contribution in [3.05, 3.63) is 32.8 Å². The number of hydrogen-bond donors (Lipinski definition) is 2. The molecular formula is C12H14BrN3O3. The first-order valence-corrected chi connectivity index (χ1v) is 6.78. The maximum absolute atomic E-state index is 12.1. The van der Waals surface area contributed by atoms with Crippen molar-refractivity contribution >= 4 is 33.2 Å². The van der Waals surface area contributed by atoms with Gasteiger partial charge < -0.3 is 11.1 Å². The number of carbonyl (C=O) groups is 1. The summed E-state index contributed by atoms with van der Waals surface area (Å²) in [6, 6.07) is 4.13. The van der Waals surface area contributed by atoms with Crippen LogP contribution < -0.4 is 11.1 Å². The normalized spacial score (nSPS) is 22.2. The number of nitrogens with zero attached hydrogens (tertiary/aromatic N) is 1. The first-order chi connectivity index (χ1) is 8.99. The van der Waals surface area contributed by atoms with E-state index in [4.69, 9.17) is 5.73 Å². The van der Waals surface area contributed by atoms with E-state index in [0.29, 0.717) is 10.2 Å². The zero-order valence-electron chi connectivity index (χ0n) is 10.1. The molecule has 0 bridgehead atoms. The van der Waals surface area contributed by atoms with Gasteiger partial charge in [-0.05, 0) is 34.8 Å². The van der Waals surface area contributed by atoms with Gasteiger partial charge in [-0.3, -0.25) is 14.9 Å². The van der Waals surface area contributed by atoms with Gasteiger partial charge in [0.05, 0.1) is 16.5 Å². The molecule has 1 aliphatic rings. The highest BCUT2D eigenvalue weighted by molar-refractivity contribution is 9.10. The van der Waals surface area contributed by atoms with E-state index < -0.39 is 4.92 Å². The minimum absolute atomic E-state index is 0.0609. The van der Waals surface area contributed by atoms with E-state index in [-0.39, 0.29) is 23.6 Å². The Hall–Kier alpha value is -1.47. The summed E-state index contributed by atoms with van der Waals surface area (Å²) in [5.74, 6) is -0.391. The largest absolute Gasteiger partial charge is 0.327 e. The van der Waals surface area contributed by atoms with Crippen LogP contribution in [-0.2, 0) is 4.79 Å². The second-order valence-corrected chi connectivity index (χ2v) is 5.47. The highest BCUT2D eigenvalue weighted by Gasteiger charge is 2.30. The predicted octanol–water partition coefficient (Wildman–Crippen LogP) is 2.42. The van der Waals surface area contributed by atoms with Crippen LogP contribution in [-0.4, -0.2) is 16.9 Å². The zero-order chi connectivity index (χ0) is 14.0. The van der Waals surface area contributed by atoms with Gasteiger partial charge in [0.25, 0.3) is 5.69 Å². The van der Waals surface area contributed by atoms with Crippen molar-refractivity contribution in [2.45, 2.75) is 25.3 Å². The zero-order valence-corrected chi connectivity index (χ0v) is 11.7. The van der Waals surface area contributed by atoms with Gasteiger partial charge in [-0.25, -0.2) is 0 Å². The summed E-state index contributed by atoms with van der Waals surface area (Å²) in [5, 5.41) is 13.4. The minimum atomic E-state index is -0.497. The molecule has 1 aromatic carbocycles. The number of halogens is 1. The molecule has 0 aromatic heterocycles. The van der Waals surface area contributed by atoms with Crippen molar-refractivity contribution in [3.63, 3.8) is 0 Å². The molecule has 2 atom stereocenters.